The smallest absolute Gasteiger partial charge is 0.165 e. The summed E-state index contributed by atoms with van der Waals surface area (Å²) in [6, 6.07) is 28.7. The van der Waals surface area contributed by atoms with Gasteiger partial charge in [0.2, 0.25) is 0 Å². The van der Waals surface area contributed by atoms with Gasteiger partial charge in [-0.3, -0.25) is 9.47 Å². The van der Waals surface area contributed by atoms with E-state index in [0.717, 1.165) is 78.0 Å². The number of aromatic nitrogens is 6. The van der Waals surface area contributed by atoms with Crippen LogP contribution in [0.4, 0.5) is 11.6 Å². The van der Waals surface area contributed by atoms with Gasteiger partial charge >= 0.3 is 0 Å². The van der Waals surface area contributed by atoms with E-state index in [1.807, 2.05) is 48.5 Å². The summed E-state index contributed by atoms with van der Waals surface area (Å²) in [4.78, 5) is 27.6. The molecule has 0 radical (unpaired) electrons. The Hall–Kier alpha value is -5.15. The highest BCUT2D eigenvalue weighted by atomic mass is 15.3. The minimum Gasteiger partial charge on any atom is -0.383 e. The quantitative estimate of drug-likeness (QED) is 0.321. The summed E-state index contributed by atoms with van der Waals surface area (Å²) in [5.74, 6) is 2.15. The fraction of sp³-hybridized carbons (Fsp3) is 0.156. The standard InChI is InChI=1S/C32H29N9/c33-30-26(7-4-15-35-30)31-38-28-13-12-27(24-5-2-1-3-6-24)37-32(28)41(31)25-10-8-23(9-11-25)21-39-17-19-40(20-18-39)29-14-16-34-22-36-29/h1-16,22H,17-21H2,(H2,33,35). The summed E-state index contributed by atoms with van der Waals surface area (Å²) < 4.78 is 2.08. The first kappa shape index (κ1) is 24.9. The van der Waals surface area contributed by atoms with E-state index in [4.69, 9.17) is 15.7 Å². The second-order valence-electron chi connectivity index (χ2n) is 10.1. The van der Waals surface area contributed by atoms with E-state index in [0.29, 0.717) is 5.82 Å². The molecule has 0 amide bonds. The summed E-state index contributed by atoms with van der Waals surface area (Å²) in [5.41, 5.74) is 12.8. The number of piperazine rings is 1. The third-order valence-electron chi connectivity index (χ3n) is 7.52. The molecule has 4 aromatic heterocycles. The lowest BCUT2D eigenvalue weighted by Crippen LogP contribution is -2.46. The maximum atomic E-state index is 6.32. The second kappa shape index (κ2) is 10.8. The van der Waals surface area contributed by atoms with Crippen LogP contribution in [-0.2, 0) is 6.54 Å². The Bertz CT molecular complexity index is 1780. The van der Waals surface area contributed by atoms with Gasteiger partial charge in [0, 0.05) is 56.4 Å². The van der Waals surface area contributed by atoms with Crippen molar-refractivity contribution < 1.29 is 0 Å². The largest absolute Gasteiger partial charge is 0.383 e. The van der Waals surface area contributed by atoms with Gasteiger partial charge in [0.05, 0.1) is 11.3 Å². The lowest BCUT2D eigenvalue weighted by atomic mass is 10.1. The van der Waals surface area contributed by atoms with Crippen molar-refractivity contribution in [2.24, 2.45) is 0 Å². The van der Waals surface area contributed by atoms with Crippen molar-refractivity contribution in [1.82, 2.24) is 34.4 Å². The Morgan fingerprint density at radius 3 is 2.32 bits per heavy atom. The lowest BCUT2D eigenvalue weighted by Gasteiger charge is -2.35. The average Bonchev–Trinajstić information content (AvgIpc) is 3.41. The summed E-state index contributed by atoms with van der Waals surface area (Å²) in [6.45, 7) is 4.74. The van der Waals surface area contributed by atoms with Crippen LogP contribution in [0, 0.1) is 0 Å². The zero-order valence-corrected chi connectivity index (χ0v) is 22.5. The molecule has 9 heteroatoms. The molecule has 7 rings (SSSR count). The third kappa shape index (κ3) is 4.99. The number of hydrogen-bond donors (Lipinski definition) is 1. The number of fused-ring (bicyclic) bond motifs is 1. The molecule has 0 bridgehead atoms. The van der Waals surface area contributed by atoms with Crippen LogP contribution in [0.1, 0.15) is 5.56 Å². The van der Waals surface area contributed by atoms with Crippen LogP contribution in [0.15, 0.2) is 104 Å². The van der Waals surface area contributed by atoms with Crippen molar-refractivity contribution in [3.8, 4) is 28.3 Å². The number of nitrogens with two attached hydrogens (primary N) is 1. The van der Waals surface area contributed by atoms with Gasteiger partial charge in [0.1, 0.15) is 23.5 Å². The Kier molecular flexibility index (Phi) is 6.54. The van der Waals surface area contributed by atoms with Gasteiger partial charge in [-0.15, -0.1) is 0 Å². The van der Waals surface area contributed by atoms with Gasteiger partial charge in [0.25, 0.3) is 0 Å². The van der Waals surface area contributed by atoms with Gasteiger partial charge < -0.3 is 10.6 Å². The first-order chi connectivity index (χ1) is 20.2. The number of hydrogen-bond acceptors (Lipinski definition) is 8. The molecular weight excluding hydrogens is 510 g/mol. The van der Waals surface area contributed by atoms with Crippen LogP contribution >= 0.6 is 0 Å². The van der Waals surface area contributed by atoms with Crippen molar-refractivity contribution >= 4 is 22.8 Å². The van der Waals surface area contributed by atoms with E-state index in [2.05, 4.69) is 65.7 Å². The molecule has 1 fully saturated rings. The van der Waals surface area contributed by atoms with Gasteiger partial charge in [-0.05, 0) is 48.0 Å². The van der Waals surface area contributed by atoms with Gasteiger partial charge in [-0.25, -0.2) is 24.9 Å². The van der Waals surface area contributed by atoms with Crippen LogP contribution in [0.2, 0.25) is 0 Å². The van der Waals surface area contributed by atoms with E-state index in [-0.39, 0.29) is 0 Å². The Labute approximate surface area is 238 Å². The summed E-state index contributed by atoms with van der Waals surface area (Å²) >= 11 is 0. The first-order valence-corrected chi connectivity index (χ1v) is 13.7. The zero-order chi connectivity index (χ0) is 27.6. The number of benzene rings is 2. The van der Waals surface area contributed by atoms with Crippen molar-refractivity contribution in [3.05, 3.63) is 109 Å². The van der Waals surface area contributed by atoms with E-state index >= 15 is 0 Å². The monoisotopic (exact) mass is 539 g/mol. The van der Waals surface area contributed by atoms with E-state index in [1.165, 1.54) is 5.56 Å². The molecule has 1 aliphatic heterocycles. The molecule has 0 unspecified atom stereocenters. The fourth-order valence-electron chi connectivity index (χ4n) is 5.37. The number of anilines is 2. The molecule has 0 spiro atoms. The number of nitrogens with zero attached hydrogens (tertiary/aromatic N) is 8. The second-order valence-corrected chi connectivity index (χ2v) is 10.1. The average molecular weight is 540 g/mol. The SMILES string of the molecule is Nc1ncccc1-c1nc2ccc(-c3ccccc3)nc2n1-c1ccc(CN2CCN(c3ccncn3)CC2)cc1. The molecule has 41 heavy (non-hydrogen) atoms. The molecule has 1 saturated heterocycles. The minimum atomic E-state index is 0.435. The summed E-state index contributed by atoms with van der Waals surface area (Å²) in [5, 5.41) is 0. The van der Waals surface area contributed by atoms with Crippen LogP contribution in [-0.4, -0.2) is 60.6 Å². The highest BCUT2D eigenvalue weighted by Crippen LogP contribution is 2.32. The normalized spacial score (nSPS) is 14.0. The summed E-state index contributed by atoms with van der Waals surface area (Å²) in [6.07, 6.45) is 5.10. The van der Waals surface area contributed by atoms with Crippen LogP contribution in [0.25, 0.3) is 39.5 Å². The van der Waals surface area contributed by atoms with E-state index in [9.17, 15) is 0 Å². The van der Waals surface area contributed by atoms with Crippen LogP contribution in [0.5, 0.6) is 0 Å². The predicted octanol–water partition coefficient (Wildman–Crippen LogP) is 4.84. The van der Waals surface area contributed by atoms with E-state index in [1.54, 1.807) is 18.7 Å². The Morgan fingerprint density at radius 2 is 1.56 bits per heavy atom. The number of pyridine rings is 2. The highest BCUT2D eigenvalue weighted by Gasteiger charge is 2.20. The molecule has 6 aromatic rings. The fourth-order valence-corrected chi connectivity index (χ4v) is 5.37. The maximum Gasteiger partial charge on any atom is 0.165 e. The molecule has 9 nitrogen and oxygen atoms in total. The number of rotatable bonds is 6. The summed E-state index contributed by atoms with van der Waals surface area (Å²) in [7, 11) is 0. The predicted molar refractivity (Wildman–Crippen MR) is 161 cm³/mol. The van der Waals surface area contributed by atoms with Crippen molar-refractivity contribution in [1.29, 1.82) is 0 Å². The Balaban J connectivity index is 1.19. The third-order valence-corrected chi connectivity index (χ3v) is 7.52. The molecule has 2 N–H and O–H groups in total. The lowest BCUT2D eigenvalue weighted by molar-refractivity contribution is 0.249. The van der Waals surface area contributed by atoms with Crippen molar-refractivity contribution in [2.75, 3.05) is 36.8 Å². The molecule has 0 saturated carbocycles. The number of nitrogen functional groups attached to an aromatic ring is 1. The van der Waals surface area contributed by atoms with Crippen molar-refractivity contribution in [3.63, 3.8) is 0 Å². The first-order valence-electron chi connectivity index (χ1n) is 13.7. The molecular formula is C32H29N9. The molecule has 1 aliphatic rings. The highest BCUT2D eigenvalue weighted by molar-refractivity contribution is 5.84. The van der Waals surface area contributed by atoms with Crippen LogP contribution < -0.4 is 10.6 Å². The van der Waals surface area contributed by atoms with Crippen molar-refractivity contribution in [2.45, 2.75) is 6.54 Å². The minimum absolute atomic E-state index is 0.435. The number of imidazole rings is 1. The van der Waals surface area contributed by atoms with Gasteiger partial charge in [-0.1, -0.05) is 42.5 Å². The molecule has 0 atom stereocenters. The Morgan fingerprint density at radius 1 is 0.732 bits per heavy atom. The maximum absolute atomic E-state index is 6.32. The van der Waals surface area contributed by atoms with Crippen LogP contribution in [0.3, 0.4) is 0 Å². The molecule has 5 heterocycles. The molecule has 2 aromatic carbocycles. The molecule has 202 valence electrons. The van der Waals surface area contributed by atoms with Gasteiger partial charge in [-0.2, -0.15) is 0 Å². The van der Waals surface area contributed by atoms with E-state index < -0.39 is 0 Å². The topological polar surface area (TPSA) is 102 Å². The molecule has 0 aliphatic carbocycles. The van der Waals surface area contributed by atoms with Gasteiger partial charge in [0.15, 0.2) is 11.5 Å². The zero-order valence-electron chi connectivity index (χ0n) is 22.5.